The first-order chi connectivity index (χ1) is 10.2. The molecule has 5 heteroatoms. The van der Waals surface area contributed by atoms with E-state index in [1.165, 1.54) is 5.56 Å². The van der Waals surface area contributed by atoms with Gasteiger partial charge in [-0.05, 0) is 12.5 Å². The number of nitrogens with one attached hydrogen (secondary N) is 2. The molecule has 2 amide bonds. The lowest BCUT2D eigenvalue weighted by Crippen LogP contribution is -2.43. The molecule has 0 radical (unpaired) electrons. The Bertz CT molecular complexity index is 542. The van der Waals surface area contributed by atoms with Gasteiger partial charge in [0.25, 0.3) is 0 Å². The quantitative estimate of drug-likeness (QED) is 0.861. The molecule has 21 heavy (non-hydrogen) atoms. The Balaban J connectivity index is 1.74. The van der Waals surface area contributed by atoms with Crippen LogP contribution >= 0.6 is 11.3 Å². The SMILES string of the molecule is CC(NC(=O)NCCc1nccs1)C(C)c1ccccc1. The standard InChI is InChI=1S/C16H21N3OS/c1-12(14-6-4-3-5-7-14)13(2)19-16(20)18-9-8-15-17-10-11-21-15/h3-7,10-13H,8-9H2,1-2H3,(H2,18,19,20). The van der Waals surface area contributed by atoms with Crippen LogP contribution in [0.25, 0.3) is 0 Å². The van der Waals surface area contributed by atoms with Crippen LogP contribution in [0.2, 0.25) is 0 Å². The summed E-state index contributed by atoms with van der Waals surface area (Å²) < 4.78 is 0. The van der Waals surface area contributed by atoms with Crippen LogP contribution in [0.3, 0.4) is 0 Å². The van der Waals surface area contributed by atoms with E-state index in [0.29, 0.717) is 6.54 Å². The molecule has 0 aliphatic rings. The molecule has 0 aliphatic carbocycles. The minimum absolute atomic E-state index is 0.0762. The summed E-state index contributed by atoms with van der Waals surface area (Å²) >= 11 is 1.61. The second kappa shape index (κ2) is 7.78. The normalized spacial score (nSPS) is 13.4. The highest BCUT2D eigenvalue weighted by Crippen LogP contribution is 2.18. The fourth-order valence-corrected chi connectivity index (χ4v) is 2.71. The van der Waals surface area contributed by atoms with Gasteiger partial charge in [-0.15, -0.1) is 11.3 Å². The third kappa shape index (κ3) is 4.86. The van der Waals surface area contributed by atoms with E-state index in [2.05, 4.69) is 34.7 Å². The van der Waals surface area contributed by atoms with Crippen molar-refractivity contribution in [3.63, 3.8) is 0 Å². The van der Waals surface area contributed by atoms with Crippen molar-refractivity contribution in [1.82, 2.24) is 15.6 Å². The van der Waals surface area contributed by atoms with Crippen molar-refractivity contribution in [1.29, 1.82) is 0 Å². The van der Waals surface area contributed by atoms with Crippen molar-refractivity contribution in [3.8, 4) is 0 Å². The number of carbonyl (C=O) groups is 1. The Hall–Kier alpha value is -1.88. The second-order valence-electron chi connectivity index (χ2n) is 5.06. The number of rotatable bonds is 6. The molecular weight excluding hydrogens is 282 g/mol. The third-order valence-electron chi connectivity index (χ3n) is 3.54. The number of thiazole rings is 1. The molecule has 0 fully saturated rings. The van der Waals surface area contributed by atoms with Crippen molar-refractivity contribution in [2.75, 3.05) is 6.54 Å². The topological polar surface area (TPSA) is 54.0 Å². The summed E-state index contributed by atoms with van der Waals surface area (Å²) in [4.78, 5) is 16.1. The van der Waals surface area contributed by atoms with Gasteiger partial charge in [0.05, 0.1) is 5.01 Å². The molecule has 2 N–H and O–H groups in total. The average Bonchev–Trinajstić information content (AvgIpc) is 3.00. The zero-order chi connectivity index (χ0) is 15.1. The van der Waals surface area contributed by atoms with Gasteiger partial charge < -0.3 is 10.6 Å². The minimum Gasteiger partial charge on any atom is -0.338 e. The van der Waals surface area contributed by atoms with E-state index in [1.54, 1.807) is 17.5 Å². The maximum absolute atomic E-state index is 11.9. The molecule has 112 valence electrons. The van der Waals surface area contributed by atoms with E-state index in [9.17, 15) is 4.79 Å². The fraction of sp³-hybridized carbons (Fsp3) is 0.375. The molecule has 0 saturated carbocycles. The van der Waals surface area contributed by atoms with E-state index in [0.717, 1.165) is 11.4 Å². The van der Waals surface area contributed by atoms with Gasteiger partial charge in [0.1, 0.15) is 0 Å². The van der Waals surface area contributed by atoms with Crippen molar-refractivity contribution in [2.24, 2.45) is 0 Å². The maximum atomic E-state index is 11.9. The Morgan fingerprint density at radius 3 is 2.71 bits per heavy atom. The van der Waals surface area contributed by atoms with Crippen molar-refractivity contribution < 1.29 is 4.79 Å². The van der Waals surface area contributed by atoms with Crippen LogP contribution in [-0.4, -0.2) is 23.6 Å². The van der Waals surface area contributed by atoms with Crippen LogP contribution in [0, 0.1) is 0 Å². The first-order valence-corrected chi connectivity index (χ1v) is 8.02. The average molecular weight is 303 g/mol. The van der Waals surface area contributed by atoms with Crippen LogP contribution in [0.15, 0.2) is 41.9 Å². The Labute approximate surface area is 129 Å². The fourth-order valence-electron chi connectivity index (χ4n) is 2.09. The summed E-state index contributed by atoms with van der Waals surface area (Å²) in [6.07, 6.45) is 2.55. The summed E-state index contributed by atoms with van der Waals surface area (Å²) in [5.74, 6) is 0.274. The Morgan fingerprint density at radius 1 is 1.29 bits per heavy atom. The second-order valence-corrected chi connectivity index (χ2v) is 6.04. The molecular formula is C16H21N3OS. The monoisotopic (exact) mass is 303 g/mol. The maximum Gasteiger partial charge on any atom is 0.315 e. The van der Waals surface area contributed by atoms with Crippen LogP contribution in [0.4, 0.5) is 4.79 Å². The van der Waals surface area contributed by atoms with Gasteiger partial charge in [0, 0.05) is 36.5 Å². The number of hydrogen-bond acceptors (Lipinski definition) is 3. The number of urea groups is 1. The van der Waals surface area contributed by atoms with Crippen molar-refractivity contribution in [2.45, 2.75) is 32.2 Å². The first kappa shape index (κ1) is 15.5. The highest BCUT2D eigenvalue weighted by molar-refractivity contribution is 7.09. The van der Waals surface area contributed by atoms with Crippen molar-refractivity contribution >= 4 is 17.4 Å². The molecule has 0 spiro atoms. The molecule has 0 aliphatic heterocycles. The summed E-state index contributed by atoms with van der Waals surface area (Å²) in [6.45, 7) is 4.75. The van der Waals surface area contributed by atoms with Crippen molar-refractivity contribution in [3.05, 3.63) is 52.5 Å². The summed E-state index contributed by atoms with van der Waals surface area (Å²) in [7, 11) is 0. The van der Waals surface area contributed by atoms with Crippen LogP contribution in [0.1, 0.15) is 30.3 Å². The molecule has 2 unspecified atom stereocenters. The largest absolute Gasteiger partial charge is 0.338 e. The smallest absolute Gasteiger partial charge is 0.315 e. The Kier molecular flexibility index (Phi) is 5.75. The van der Waals surface area contributed by atoms with Gasteiger partial charge >= 0.3 is 6.03 Å². The lowest BCUT2D eigenvalue weighted by molar-refractivity contribution is 0.236. The molecule has 2 rings (SSSR count). The lowest BCUT2D eigenvalue weighted by atomic mass is 9.95. The van der Waals surface area contributed by atoms with E-state index in [1.807, 2.05) is 30.5 Å². The van der Waals surface area contributed by atoms with Gasteiger partial charge in [-0.25, -0.2) is 9.78 Å². The van der Waals surface area contributed by atoms with Crippen LogP contribution in [0.5, 0.6) is 0 Å². The van der Waals surface area contributed by atoms with Gasteiger partial charge in [-0.1, -0.05) is 37.3 Å². The number of aromatic nitrogens is 1. The third-order valence-corrected chi connectivity index (χ3v) is 4.38. The molecule has 2 aromatic rings. The molecule has 0 bridgehead atoms. The number of carbonyl (C=O) groups excluding carboxylic acids is 1. The predicted octanol–water partition coefficient (Wildman–Crippen LogP) is 3.18. The van der Waals surface area contributed by atoms with E-state index in [-0.39, 0.29) is 18.0 Å². The van der Waals surface area contributed by atoms with E-state index < -0.39 is 0 Å². The molecule has 1 heterocycles. The lowest BCUT2D eigenvalue weighted by Gasteiger charge is -2.22. The van der Waals surface area contributed by atoms with Gasteiger partial charge in [0.15, 0.2) is 0 Å². The highest BCUT2D eigenvalue weighted by atomic mass is 32.1. The molecule has 1 aromatic carbocycles. The highest BCUT2D eigenvalue weighted by Gasteiger charge is 2.16. The zero-order valence-corrected chi connectivity index (χ0v) is 13.2. The zero-order valence-electron chi connectivity index (χ0n) is 12.4. The number of hydrogen-bond donors (Lipinski definition) is 2. The Morgan fingerprint density at radius 2 is 2.05 bits per heavy atom. The summed E-state index contributed by atoms with van der Waals surface area (Å²) in [5.41, 5.74) is 1.23. The number of benzene rings is 1. The molecule has 1 aromatic heterocycles. The molecule has 4 nitrogen and oxygen atoms in total. The molecule has 0 saturated heterocycles. The van der Waals surface area contributed by atoms with E-state index >= 15 is 0 Å². The first-order valence-electron chi connectivity index (χ1n) is 7.14. The van der Waals surface area contributed by atoms with Crippen LogP contribution in [-0.2, 0) is 6.42 Å². The predicted molar refractivity (Wildman–Crippen MR) is 86.7 cm³/mol. The van der Waals surface area contributed by atoms with Gasteiger partial charge in [-0.3, -0.25) is 0 Å². The number of amides is 2. The van der Waals surface area contributed by atoms with E-state index in [4.69, 9.17) is 0 Å². The van der Waals surface area contributed by atoms with Gasteiger partial charge in [-0.2, -0.15) is 0 Å². The van der Waals surface area contributed by atoms with Crippen LogP contribution < -0.4 is 10.6 Å². The minimum atomic E-state index is -0.123. The summed E-state index contributed by atoms with van der Waals surface area (Å²) in [6, 6.07) is 10.2. The number of nitrogens with zero attached hydrogens (tertiary/aromatic N) is 1. The van der Waals surface area contributed by atoms with Gasteiger partial charge in [0.2, 0.25) is 0 Å². The molecule has 2 atom stereocenters. The summed E-state index contributed by atoms with van der Waals surface area (Å²) in [5, 5.41) is 8.85.